The monoisotopic (exact) mass is 276 g/mol. The zero-order chi connectivity index (χ0) is 14.2. The molecule has 1 heterocycles. The van der Waals surface area contributed by atoms with Crippen molar-refractivity contribution >= 4 is 5.91 Å². The van der Waals surface area contributed by atoms with Gasteiger partial charge in [0.05, 0.1) is 19.8 Å². The van der Waals surface area contributed by atoms with E-state index < -0.39 is 0 Å². The Kier molecular flexibility index (Phi) is 6.02. The third-order valence-corrected chi connectivity index (χ3v) is 3.76. The highest BCUT2D eigenvalue weighted by atomic mass is 16.5. The molecule has 2 rings (SSSR count). The molecule has 1 fully saturated rings. The second-order valence-electron chi connectivity index (χ2n) is 5.27. The number of carbonyl (C=O) groups is 1. The van der Waals surface area contributed by atoms with Gasteiger partial charge in [-0.2, -0.15) is 0 Å². The molecule has 4 heteroatoms. The molecule has 1 unspecified atom stereocenters. The number of amides is 1. The lowest BCUT2D eigenvalue weighted by atomic mass is 9.98. The summed E-state index contributed by atoms with van der Waals surface area (Å²) in [5, 5.41) is 3.25. The maximum atomic E-state index is 11.9. The van der Waals surface area contributed by atoms with E-state index in [4.69, 9.17) is 4.74 Å². The van der Waals surface area contributed by atoms with E-state index >= 15 is 0 Å². The fourth-order valence-electron chi connectivity index (χ4n) is 2.39. The van der Waals surface area contributed by atoms with Crippen LogP contribution in [0.2, 0.25) is 0 Å². The topological polar surface area (TPSA) is 41.6 Å². The van der Waals surface area contributed by atoms with Crippen molar-refractivity contribution in [2.45, 2.75) is 19.3 Å². The van der Waals surface area contributed by atoms with Crippen molar-refractivity contribution in [2.75, 3.05) is 39.4 Å². The van der Waals surface area contributed by atoms with Crippen LogP contribution in [0.1, 0.15) is 24.8 Å². The molecule has 4 nitrogen and oxygen atoms in total. The molecule has 1 aromatic carbocycles. The first-order valence-corrected chi connectivity index (χ1v) is 7.38. The van der Waals surface area contributed by atoms with E-state index in [-0.39, 0.29) is 5.91 Å². The van der Waals surface area contributed by atoms with Gasteiger partial charge in [0.25, 0.3) is 0 Å². The predicted molar refractivity (Wildman–Crippen MR) is 79.7 cm³/mol. The lowest BCUT2D eigenvalue weighted by Gasteiger charge is -2.27. The van der Waals surface area contributed by atoms with Gasteiger partial charge in [-0.05, 0) is 24.4 Å². The van der Waals surface area contributed by atoms with E-state index in [9.17, 15) is 4.79 Å². The Morgan fingerprint density at radius 2 is 2.00 bits per heavy atom. The third-order valence-electron chi connectivity index (χ3n) is 3.76. The molecule has 0 radical (unpaired) electrons. The first-order valence-electron chi connectivity index (χ1n) is 7.38. The van der Waals surface area contributed by atoms with E-state index in [1.165, 1.54) is 5.56 Å². The summed E-state index contributed by atoms with van der Waals surface area (Å²) in [5.41, 5.74) is 1.36. The summed E-state index contributed by atoms with van der Waals surface area (Å²) in [5.74, 6) is 0.697. The van der Waals surface area contributed by atoms with Crippen molar-refractivity contribution < 1.29 is 9.53 Å². The van der Waals surface area contributed by atoms with Gasteiger partial charge >= 0.3 is 0 Å². The minimum Gasteiger partial charge on any atom is -0.378 e. The highest BCUT2D eigenvalue weighted by Crippen LogP contribution is 2.17. The number of nitrogens with one attached hydrogen (secondary N) is 1. The Morgan fingerprint density at radius 1 is 1.30 bits per heavy atom. The van der Waals surface area contributed by atoms with Crippen LogP contribution < -0.4 is 5.32 Å². The SMILES string of the molecule is CC(CCNCC(=O)N1CCOCC1)c1ccccc1. The molecule has 1 N–H and O–H groups in total. The van der Waals surface area contributed by atoms with Gasteiger partial charge in [0, 0.05) is 13.1 Å². The number of morpholine rings is 1. The summed E-state index contributed by atoms with van der Waals surface area (Å²) in [6.07, 6.45) is 1.04. The zero-order valence-corrected chi connectivity index (χ0v) is 12.2. The van der Waals surface area contributed by atoms with E-state index in [2.05, 4.69) is 36.5 Å². The minimum absolute atomic E-state index is 0.181. The maximum absolute atomic E-state index is 11.9. The Morgan fingerprint density at radius 3 is 2.70 bits per heavy atom. The molecule has 20 heavy (non-hydrogen) atoms. The molecule has 1 aromatic rings. The van der Waals surface area contributed by atoms with Gasteiger partial charge in [-0.3, -0.25) is 4.79 Å². The molecule has 0 aromatic heterocycles. The van der Waals surface area contributed by atoms with Gasteiger partial charge in [-0.15, -0.1) is 0 Å². The molecular formula is C16H24N2O2. The summed E-state index contributed by atoms with van der Waals surface area (Å²) >= 11 is 0. The number of hydrogen-bond donors (Lipinski definition) is 1. The fraction of sp³-hybridized carbons (Fsp3) is 0.562. The second kappa shape index (κ2) is 8.02. The molecule has 1 atom stereocenters. The number of ether oxygens (including phenoxy) is 1. The van der Waals surface area contributed by atoms with E-state index in [0.717, 1.165) is 26.1 Å². The second-order valence-corrected chi connectivity index (χ2v) is 5.27. The Balaban J connectivity index is 1.62. The van der Waals surface area contributed by atoms with Crippen LogP contribution in [0.15, 0.2) is 30.3 Å². The maximum Gasteiger partial charge on any atom is 0.236 e. The standard InChI is InChI=1S/C16H24N2O2/c1-14(15-5-3-2-4-6-15)7-8-17-13-16(19)18-9-11-20-12-10-18/h2-6,14,17H,7-13H2,1H3. The Hall–Kier alpha value is -1.39. The van der Waals surface area contributed by atoms with Gasteiger partial charge < -0.3 is 15.0 Å². The van der Waals surface area contributed by atoms with Crippen LogP contribution in [0.3, 0.4) is 0 Å². The average Bonchev–Trinajstić information content (AvgIpc) is 2.53. The van der Waals surface area contributed by atoms with Crippen LogP contribution in [0, 0.1) is 0 Å². The lowest BCUT2D eigenvalue weighted by molar-refractivity contribution is -0.134. The molecule has 1 aliphatic heterocycles. The van der Waals surface area contributed by atoms with Gasteiger partial charge in [-0.25, -0.2) is 0 Å². The van der Waals surface area contributed by atoms with Crippen molar-refractivity contribution in [3.8, 4) is 0 Å². The summed E-state index contributed by atoms with van der Waals surface area (Å²) in [7, 11) is 0. The summed E-state index contributed by atoms with van der Waals surface area (Å²) in [6.45, 7) is 6.30. The number of carbonyl (C=O) groups excluding carboxylic acids is 1. The summed E-state index contributed by atoms with van der Waals surface area (Å²) < 4.78 is 5.24. The Labute approximate surface area is 121 Å². The van der Waals surface area contributed by atoms with Crippen molar-refractivity contribution in [2.24, 2.45) is 0 Å². The van der Waals surface area contributed by atoms with E-state index in [1.807, 2.05) is 11.0 Å². The van der Waals surface area contributed by atoms with Gasteiger partial charge in [0.2, 0.25) is 5.91 Å². The Bertz CT molecular complexity index is 402. The normalized spacial score (nSPS) is 16.9. The third kappa shape index (κ3) is 4.62. The van der Waals surface area contributed by atoms with Crippen LogP contribution in [-0.4, -0.2) is 50.2 Å². The lowest BCUT2D eigenvalue weighted by Crippen LogP contribution is -2.44. The molecule has 0 bridgehead atoms. The summed E-state index contributed by atoms with van der Waals surface area (Å²) in [4.78, 5) is 13.8. The van der Waals surface area contributed by atoms with E-state index in [1.54, 1.807) is 0 Å². The number of benzene rings is 1. The van der Waals surface area contributed by atoms with Crippen molar-refractivity contribution in [3.63, 3.8) is 0 Å². The molecule has 0 aliphatic carbocycles. The van der Waals surface area contributed by atoms with Crippen molar-refractivity contribution in [1.29, 1.82) is 0 Å². The number of nitrogens with zero attached hydrogens (tertiary/aromatic N) is 1. The molecule has 0 spiro atoms. The molecule has 0 saturated carbocycles. The van der Waals surface area contributed by atoms with E-state index in [0.29, 0.717) is 25.7 Å². The molecule has 1 aliphatic rings. The van der Waals surface area contributed by atoms with Crippen LogP contribution in [0.5, 0.6) is 0 Å². The van der Waals surface area contributed by atoms with Crippen LogP contribution in [0.4, 0.5) is 0 Å². The molecule has 1 amide bonds. The smallest absolute Gasteiger partial charge is 0.236 e. The van der Waals surface area contributed by atoms with Crippen LogP contribution >= 0.6 is 0 Å². The average molecular weight is 276 g/mol. The summed E-state index contributed by atoms with van der Waals surface area (Å²) in [6, 6.07) is 10.5. The molecule has 1 saturated heterocycles. The quantitative estimate of drug-likeness (QED) is 0.803. The first-order chi connectivity index (χ1) is 9.77. The number of rotatable bonds is 6. The minimum atomic E-state index is 0.181. The molecular weight excluding hydrogens is 252 g/mol. The largest absolute Gasteiger partial charge is 0.378 e. The highest BCUT2D eigenvalue weighted by molar-refractivity contribution is 5.78. The first kappa shape index (κ1) is 15.0. The zero-order valence-electron chi connectivity index (χ0n) is 12.2. The van der Waals surface area contributed by atoms with Gasteiger partial charge in [-0.1, -0.05) is 37.3 Å². The van der Waals surface area contributed by atoms with Gasteiger partial charge in [0.1, 0.15) is 0 Å². The fourth-order valence-corrected chi connectivity index (χ4v) is 2.39. The molecule has 110 valence electrons. The van der Waals surface area contributed by atoms with Gasteiger partial charge in [0.15, 0.2) is 0 Å². The predicted octanol–water partition coefficient (Wildman–Crippen LogP) is 1.63. The number of hydrogen-bond acceptors (Lipinski definition) is 3. The van der Waals surface area contributed by atoms with Crippen molar-refractivity contribution in [1.82, 2.24) is 10.2 Å². The van der Waals surface area contributed by atoms with Crippen LogP contribution in [0.25, 0.3) is 0 Å². The van der Waals surface area contributed by atoms with Crippen molar-refractivity contribution in [3.05, 3.63) is 35.9 Å². The van der Waals surface area contributed by atoms with Crippen LogP contribution in [-0.2, 0) is 9.53 Å². The highest BCUT2D eigenvalue weighted by Gasteiger charge is 2.16.